The molecule has 0 spiro atoms. The zero-order chi connectivity index (χ0) is 20.1. The predicted molar refractivity (Wildman–Crippen MR) is 111 cm³/mol. The van der Waals surface area contributed by atoms with Crippen LogP contribution in [-0.4, -0.2) is 40.1 Å². The standard InChI is InChI=1S/C19H22Cl2N4O2/c1-24(2)15-9-6-10-16(25(3)4)12(15)11-22-19(27)23-18(26)17-13(20)7-5-8-14(17)21/h5-10H,11H2,1-4H3,(H2,22,23,26,27). The molecule has 0 radical (unpaired) electrons. The molecule has 2 aromatic carbocycles. The fraction of sp³-hybridized carbons (Fsp3) is 0.263. The Morgan fingerprint density at radius 2 is 1.37 bits per heavy atom. The molecule has 0 saturated carbocycles. The summed E-state index contributed by atoms with van der Waals surface area (Å²) in [6.07, 6.45) is 0. The normalized spacial score (nSPS) is 10.3. The van der Waals surface area contributed by atoms with Crippen molar-refractivity contribution >= 4 is 46.5 Å². The summed E-state index contributed by atoms with van der Waals surface area (Å²) in [6.45, 7) is 0.247. The van der Waals surface area contributed by atoms with Gasteiger partial charge in [-0.1, -0.05) is 35.3 Å². The van der Waals surface area contributed by atoms with Crippen molar-refractivity contribution in [3.63, 3.8) is 0 Å². The van der Waals surface area contributed by atoms with Gasteiger partial charge in [0.2, 0.25) is 0 Å². The third-order valence-corrected chi connectivity index (χ3v) is 4.56. The maximum Gasteiger partial charge on any atom is 0.321 e. The Labute approximate surface area is 169 Å². The van der Waals surface area contributed by atoms with Crippen LogP contribution in [0.1, 0.15) is 15.9 Å². The number of nitrogens with one attached hydrogen (secondary N) is 2. The van der Waals surface area contributed by atoms with E-state index in [1.165, 1.54) is 12.1 Å². The smallest absolute Gasteiger partial charge is 0.321 e. The highest BCUT2D eigenvalue weighted by Crippen LogP contribution is 2.28. The predicted octanol–water partition coefficient (Wildman–Crippen LogP) is 3.77. The molecule has 0 heterocycles. The largest absolute Gasteiger partial charge is 0.377 e. The van der Waals surface area contributed by atoms with E-state index in [-0.39, 0.29) is 22.2 Å². The number of hydrogen-bond acceptors (Lipinski definition) is 4. The quantitative estimate of drug-likeness (QED) is 0.789. The van der Waals surface area contributed by atoms with Gasteiger partial charge < -0.3 is 15.1 Å². The van der Waals surface area contributed by atoms with E-state index in [0.717, 1.165) is 16.9 Å². The van der Waals surface area contributed by atoms with Crippen molar-refractivity contribution in [3.05, 3.63) is 57.6 Å². The van der Waals surface area contributed by atoms with Crippen LogP contribution in [0.15, 0.2) is 36.4 Å². The summed E-state index contributed by atoms with van der Waals surface area (Å²) in [6, 6.07) is 9.97. The second-order valence-corrected chi connectivity index (χ2v) is 7.11. The van der Waals surface area contributed by atoms with E-state index < -0.39 is 11.9 Å². The molecule has 0 fully saturated rings. The van der Waals surface area contributed by atoms with E-state index in [1.807, 2.05) is 56.2 Å². The summed E-state index contributed by atoms with van der Waals surface area (Å²) in [5, 5.41) is 5.34. The topological polar surface area (TPSA) is 64.7 Å². The van der Waals surface area contributed by atoms with Gasteiger partial charge in [-0.05, 0) is 24.3 Å². The summed E-state index contributed by atoms with van der Waals surface area (Å²) in [4.78, 5) is 28.5. The maximum atomic E-state index is 12.3. The third kappa shape index (κ3) is 5.05. The summed E-state index contributed by atoms with van der Waals surface area (Å²) in [5.41, 5.74) is 2.95. The first kappa shape index (κ1) is 20.9. The Hall–Kier alpha value is -2.44. The molecule has 0 atom stereocenters. The van der Waals surface area contributed by atoms with Crippen LogP contribution in [0.4, 0.5) is 16.2 Å². The van der Waals surface area contributed by atoms with Crippen LogP contribution < -0.4 is 20.4 Å². The molecule has 0 unspecified atom stereocenters. The Balaban J connectivity index is 2.13. The van der Waals surface area contributed by atoms with Crippen molar-refractivity contribution in [2.75, 3.05) is 38.0 Å². The molecular formula is C19H22Cl2N4O2. The van der Waals surface area contributed by atoms with Crippen molar-refractivity contribution in [1.29, 1.82) is 0 Å². The molecule has 27 heavy (non-hydrogen) atoms. The van der Waals surface area contributed by atoms with Crippen molar-refractivity contribution in [3.8, 4) is 0 Å². The molecule has 2 N–H and O–H groups in total. The Morgan fingerprint density at radius 3 is 1.85 bits per heavy atom. The van der Waals surface area contributed by atoms with Gasteiger partial charge in [-0.15, -0.1) is 0 Å². The van der Waals surface area contributed by atoms with Crippen molar-refractivity contribution in [1.82, 2.24) is 10.6 Å². The number of hydrogen-bond donors (Lipinski definition) is 2. The van der Waals surface area contributed by atoms with Crippen LogP contribution in [0, 0.1) is 0 Å². The minimum Gasteiger partial charge on any atom is -0.377 e. The molecule has 2 aromatic rings. The zero-order valence-corrected chi connectivity index (χ0v) is 17.1. The number of halogens is 2. The summed E-state index contributed by atoms with van der Waals surface area (Å²) < 4.78 is 0. The lowest BCUT2D eigenvalue weighted by Crippen LogP contribution is -2.39. The van der Waals surface area contributed by atoms with E-state index in [2.05, 4.69) is 10.6 Å². The summed E-state index contributed by atoms with van der Waals surface area (Å²) in [5.74, 6) is -0.656. The van der Waals surface area contributed by atoms with Crippen LogP contribution in [0.25, 0.3) is 0 Å². The van der Waals surface area contributed by atoms with Gasteiger partial charge in [0.05, 0.1) is 15.6 Å². The molecule has 0 aliphatic carbocycles. The summed E-state index contributed by atoms with van der Waals surface area (Å²) in [7, 11) is 7.73. The lowest BCUT2D eigenvalue weighted by molar-refractivity contribution is 0.0964. The number of amides is 3. The fourth-order valence-electron chi connectivity index (χ4n) is 2.68. The van der Waals surface area contributed by atoms with Crippen LogP contribution in [-0.2, 0) is 6.54 Å². The van der Waals surface area contributed by atoms with Crippen molar-refractivity contribution in [2.24, 2.45) is 0 Å². The minimum absolute atomic E-state index is 0.0682. The minimum atomic E-state index is -0.656. The van der Waals surface area contributed by atoms with E-state index in [9.17, 15) is 9.59 Å². The first-order valence-corrected chi connectivity index (χ1v) is 8.97. The van der Waals surface area contributed by atoms with Crippen molar-refractivity contribution < 1.29 is 9.59 Å². The Kier molecular flexibility index (Phi) is 6.93. The maximum absolute atomic E-state index is 12.3. The number of anilines is 2. The van der Waals surface area contributed by atoms with Gasteiger partial charge in [-0.2, -0.15) is 0 Å². The van der Waals surface area contributed by atoms with Gasteiger partial charge in [0, 0.05) is 51.7 Å². The highest BCUT2D eigenvalue weighted by atomic mass is 35.5. The van der Waals surface area contributed by atoms with Crippen LogP contribution >= 0.6 is 23.2 Å². The lowest BCUT2D eigenvalue weighted by Gasteiger charge is -2.24. The van der Waals surface area contributed by atoms with Gasteiger partial charge >= 0.3 is 6.03 Å². The molecular weight excluding hydrogens is 387 g/mol. The molecule has 2 rings (SSSR count). The number of urea groups is 1. The van der Waals surface area contributed by atoms with Gasteiger partial charge in [-0.25, -0.2) is 4.79 Å². The Bertz CT molecular complexity index is 807. The first-order chi connectivity index (χ1) is 12.7. The third-order valence-electron chi connectivity index (χ3n) is 3.93. The number of benzene rings is 2. The number of nitrogens with zero attached hydrogens (tertiary/aromatic N) is 2. The first-order valence-electron chi connectivity index (χ1n) is 8.22. The zero-order valence-electron chi connectivity index (χ0n) is 15.6. The van der Waals surface area contributed by atoms with Gasteiger partial charge in [0.25, 0.3) is 5.91 Å². The van der Waals surface area contributed by atoms with Crippen LogP contribution in [0.5, 0.6) is 0 Å². The van der Waals surface area contributed by atoms with E-state index in [4.69, 9.17) is 23.2 Å². The SMILES string of the molecule is CN(C)c1cccc(N(C)C)c1CNC(=O)NC(=O)c1c(Cl)cccc1Cl. The lowest BCUT2D eigenvalue weighted by atomic mass is 10.1. The molecule has 3 amide bonds. The van der Waals surface area contributed by atoms with Crippen molar-refractivity contribution in [2.45, 2.75) is 6.54 Å². The molecule has 0 aromatic heterocycles. The molecule has 8 heteroatoms. The monoisotopic (exact) mass is 408 g/mol. The fourth-order valence-corrected chi connectivity index (χ4v) is 3.24. The van der Waals surface area contributed by atoms with E-state index >= 15 is 0 Å². The Morgan fingerprint density at radius 1 is 0.889 bits per heavy atom. The second-order valence-electron chi connectivity index (χ2n) is 6.30. The highest BCUT2D eigenvalue weighted by Gasteiger charge is 2.18. The number of carbonyl (C=O) groups is 2. The molecule has 0 bridgehead atoms. The highest BCUT2D eigenvalue weighted by molar-refractivity contribution is 6.40. The van der Waals surface area contributed by atoms with E-state index in [0.29, 0.717) is 0 Å². The molecule has 0 aliphatic heterocycles. The molecule has 6 nitrogen and oxygen atoms in total. The number of imide groups is 1. The van der Waals surface area contributed by atoms with Gasteiger partial charge in [0.15, 0.2) is 0 Å². The van der Waals surface area contributed by atoms with Gasteiger partial charge in [0.1, 0.15) is 0 Å². The average Bonchev–Trinajstić information content (AvgIpc) is 2.59. The number of rotatable bonds is 5. The molecule has 0 saturated heterocycles. The molecule has 144 valence electrons. The second kappa shape index (κ2) is 8.97. The summed E-state index contributed by atoms with van der Waals surface area (Å²) >= 11 is 12.0. The van der Waals surface area contributed by atoms with Gasteiger partial charge in [-0.3, -0.25) is 10.1 Å². The van der Waals surface area contributed by atoms with Crippen LogP contribution in [0.2, 0.25) is 10.0 Å². The van der Waals surface area contributed by atoms with E-state index in [1.54, 1.807) is 6.07 Å². The average molecular weight is 409 g/mol. The van der Waals surface area contributed by atoms with Crippen LogP contribution in [0.3, 0.4) is 0 Å². The number of carbonyl (C=O) groups excluding carboxylic acids is 2. The molecule has 0 aliphatic rings.